The second-order valence-corrected chi connectivity index (χ2v) is 7.50. The number of alkyl halides is 1. The smallest absolute Gasteiger partial charge is 0.303 e. The van der Waals surface area contributed by atoms with E-state index in [0.29, 0.717) is 38.5 Å². The minimum Gasteiger partial charge on any atom is -0.481 e. The van der Waals surface area contributed by atoms with Crippen molar-refractivity contribution < 1.29 is 28.4 Å². The highest BCUT2D eigenvalue weighted by molar-refractivity contribution is 7.09. The number of allylic oxidation sites excluding steroid dienone is 2. The van der Waals surface area contributed by atoms with Crippen LogP contribution in [0.25, 0.3) is 0 Å². The zero-order valence-corrected chi connectivity index (χ0v) is 17.2. The van der Waals surface area contributed by atoms with Crippen molar-refractivity contribution in [3.63, 3.8) is 0 Å². The summed E-state index contributed by atoms with van der Waals surface area (Å²) in [4.78, 5) is 34.8. The molecule has 0 amide bonds. The van der Waals surface area contributed by atoms with E-state index in [1.807, 2.05) is 19.1 Å². The standard InChI is InChI=1S/C20H32FO5P/c1-2-3-9-16(21)17(22)12-11-15-14(18(23)13-19(15)26-27)8-6-4-5-7-10-20(24)25/h4,6,14-16,19H,2-3,5,7-13,27H2,1H3,(H,24,25)/b6-4-/t14?,15-,16?,19?/m1/s1. The Bertz CT molecular complexity index is 523. The second-order valence-electron chi connectivity index (χ2n) is 7.22. The van der Waals surface area contributed by atoms with E-state index < -0.39 is 12.1 Å². The van der Waals surface area contributed by atoms with Gasteiger partial charge in [0.25, 0.3) is 0 Å². The van der Waals surface area contributed by atoms with E-state index >= 15 is 0 Å². The van der Waals surface area contributed by atoms with Gasteiger partial charge in [-0.2, -0.15) is 0 Å². The highest BCUT2D eigenvalue weighted by Gasteiger charge is 2.42. The molecule has 154 valence electrons. The van der Waals surface area contributed by atoms with Crippen LogP contribution in [0, 0.1) is 11.8 Å². The summed E-state index contributed by atoms with van der Waals surface area (Å²) in [6.45, 7) is 1.96. The molecule has 5 nitrogen and oxygen atoms in total. The predicted octanol–water partition coefficient (Wildman–Crippen LogP) is 4.45. The Morgan fingerprint density at radius 1 is 1.33 bits per heavy atom. The lowest BCUT2D eigenvalue weighted by atomic mass is 9.86. The maximum Gasteiger partial charge on any atom is 0.303 e. The van der Waals surface area contributed by atoms with Gasteiger partial charge >= 0.3 is 5.97 Å². The third kappa shape index (κ3) is 8.61. The Balaban J connectivity index is 2.54. The zero-order chi connectivity index (χ0) is 20.2. The van der Waals surface area contributed by atoms with Crippen LogP contribution in [0.2, 0.25) is 0 Å². The number of aliphatic carboxylic acids is 1. The van der Waals surface area contributed by atoms with Crippen LogP contribution >= 0.6 is 9.47 Å². The summed E-state index contributed by atoms with van der Waals surface area (Å²) in [5.41, 5.74) is 0. The van der Waals surface area contributed by atoms with Gasteiger partial charge in [-0.05, 0) is 38.0 Å². The molecule has 7 heteroatoms. The summed E-state index contributed by atoms with van der Waals surface area (Å²) in [5, 5.41) is 8.62. The Morgan fingerprint density at radius 3 is 2.70 bits per heavy atom. The molecule has 1 rings (SSSR count). The van der Waals surface area contributed by atoms with Crippen LogP contribution in [-0.2, 0) is 18.9 Å². The maximum absolute atomic E-state index is 13.9. The largest absolute Gasteiger partial charge is 0.481 e. The van der Waals surface area contributed by atoms with Crippen molar-refractivity contribution in [2.45, 2.75) is 83.4 Å². The number of unbranched alkanes of at least 4 members (excludes halogenated alkanes) is 2. The predicted molar refractivity (Wildman–Crippen MR) is 105 cm³/mol. The number of hydrogen-bond acceptors (Lipinski definition) is 4. The number of carboxylic acids is 1. The summed E-state index contributed by atoms with van der Waals surface area (Å²) < 4.78 is 19.2. The van der Waals surface area contributed by atoms with Crippen molar-refractivity contribution in [1.29, 1.82) is 0 Å². The van der Waals surface area contributed by atoms with Gasteiger partial charge < -0.3 is 9.63 Å². The molecule has 1 aliphatic carbocycles. The summed E-state index contributed by atoms with van der Waals surface area (Å²) in [6, 6.07) is 0. The first-order valence-electron chi connectivity index (χ1n) is 9.82. The Hall–Kier alpha value is -1.13. The van der Waals surface area contributed by atoms with E-state index in [-0.39, 0.29) is 48.8 Å². The highest BCUT2D eigenvalue weighted by Crippen LogP contribution is 2.38. The number of carbonyl (C=O) groups excluding carboxylic acids is 2. The molecule has 1 saturated carbocycles. The fourth-order valence-electron chi connectivity index (χ4n) is 3.58. The molecular formula is C20H32FO5P. The molecule has 1 aliphatic rings. The summed E-state index contributed by atoms with van der Waals surface area (Å²) in [7, 11) is 2.19. The van der Waals surface area contributed by atoms with Crippen molar-refractivity contribution in [1.82, 2.24) is 0 Å². The van der Waals surface area contributed by atoms with Gasteiger partial charge in [0.15, 0.2) is 12.0 Å². The van der Waals surface area contributed by atoms with E-state index in [1.165, 1.54) is 0 Å². The molecule has 0 spiro atoms. The van der Waals surface area contributed by atoms with Gasteiger partial charge in [-0.1, -0.05) is 31.9 Å². The lowest BCUT2D eigenvalue weighted by Crippen LogP contribution is -2.24. The Labute approximate surface area is 163 Å². The highest BCUT2D eigenvalue weighted by atomic mass is 31.0. The summed E-state index contributed by atoms with van der Waals surface area (Å²) in [6.07, 6.45) is 6.75. The molecule has 0 aromatic rings. The number of carboxylic acid groups (broad SMARTS) is 1. The molecule has 0 aromatic heterocycles. The molecule has 0 heterocycles. The topological polar surface area (TPSA) is 80.7 Å². The second kappa shape index (κ2) is 13.1. The Morgan fingerprint density at radius 2 is 2.07 bits per heavy atom. The van der Waals surface area contributed by atoms with E-state index in [9.17, 15) is 18.8 Å². The third-order valence-corrected chi connectivity index (χ3v) is 5.54. The first-order valence-corrected chi connectivity index (χ1v) is 10.3. The molecule has 0 aromatic carbocycles. The van der Waals surface area contributed by atoms with Gasteiger partial charge in [0, 0.05) is 34.6 Å². The molecule has 0 aliphatic heterocycles. The van der Waals surface area contributed by atoms with E-state index in [0.717, 1.165) is 6.42 Å². The van der Waals surface area contributed by atoms with Crippen molar-refractivity contribution in [3.05, 3.63) is 12.2 Å². The fraction of sp³-hybridized carbons (Fsp3) is 0.750. The van der Waals surface area contributed by atoms with Crippen molar-refractivity contribution in [2.75, 3.05) is 0 Å². The fourth-order valence-corrected chi connectivity index (χ4v) is 3.88. The van der Waals surface area contributed by atoms with Crippen molar-refractivity contribution >= 4 is 27.0 Å². The zero-order valence-electron chi connectivity index (χ0n) is 16.1. The SMILES string of the molecule is CCCCC(F)C(=O)CC[C@H]1C(OP)CC(=O)C1C/C=C\CCCC(=O)O. The molecule has 5 atom stereocenters. The summed E-state index contributed by atoms with van der Waals surface area (Å²) >= 11 is 0. The summed E-state index contributed by atoms with van der Waals surface area (Å²) in [5.74, 6) is -1.41. The van der Waals surface area contributed by atoms with Crippen LogP contribution < -0.4 is 0 Å². The van der Waals surface area contributed by atoms with Gasteiger partial charge in [0.05, 0.1) is 6.10 Å². The average Bonchev–Trinajstić information content (AvgIpc) is 2.95. The molecule has 0 saturated heterocycles. The normalized spacial score (nSPS) is 23.8. The van der Waals surface area contributed by atoms with Crippen LogP contribution in [0.4, 0.5) is 4.39 Å². The minimum absolute atomic E-state index is 0.0963. The lowest BCUT2D eigenvalue weighted by Gasteiger charge is -2.22. The number of ketones is 2. The molecule has 0 bridgehead atoms. The van der Waals surface area contributed by atoms with Crippen molar-refractivity contribution in [2.24, 2.45) is 11.8 Å². The van der Waals surface area contributed by atoms with E-state index in [4.69, 9.17) is 9.63 Å². The molecule has 1 fully saturated rings. The van der Waals surface area contributed by atoms with Crippen LogP contribution in [0.5, 0.6) is 0 Å². The van der Waals surface area contributed by atoms with Crippen LogP contribution in [-0.4, -0.2) is 34.9 Å². The lowest BCUT2D eigenvalue weighted by molar-refractivity contribution is -0.137. The van der Waals surface area contributed by atoms with Crippen LogP contribution in [0.3, 0.4) is 0 Å². The monoisotopic (exact) mass is 402 g/mol. The van der Waals surface area contributed by atoms with Gasteiger partial charge in [0.2, 0.25) is 0 Å². The average molecular weight is 402 g/mol. The van der Waals surface area contributed by atoms with E-state index in [2.05, 4.69) is 9.47 Å². The van der Waals surface area contributed by atoms with E-state index in [1.54, 1.807) is 0 Å². The molecular weight excluding hydrogens is 370 g/mol. The van der Waals surface area contributed by atoms with Crippen LogP contribution in [0.1, 0.15) is 71.1 Å². The van der Waals surface area contributed by atoms with Crippen molar-refractivity contribution in [3.8, 4) is 0 Å². The number of rotatable bonds is 14. The quantitative estimate of drug-likeness (QED) is 0.264. The first-order chi connectivity index (χ1) is 12.9. The molecule has 1 N–H and O–H groups in total. The number of halogens is 1. The number of hydrogen-bond donors (Lipinski definition) is 1. The number of Topliss-reactive ketones (excluding diaryl/α,β-unsaturated/α-hetero) is 2. The van der Waals surface area contributed by atoms with Gasteiger partial charge in [-0.15, -0.1) is 0 Å². The number of carbonyl (C=O) groups is 3. The minimum atomic E-state index is -1.41. The molecule has 0 radical (unpaired) electrons. The molecule has 4 unspecified atom stereocenters. The van der Waals surface area contributed by atoms with Gasteiger partial charge in [-0.3, -0.25) is 14.4 Å². The van der Waals surface area contributed by atoms with Crippen LogP contribution in [0.15, 0.2) is 12.2 Å². The third-order valence-electron chi connectivity index (χ3n) is 5.19. The molecule has 27 heavy (non-hydrogen) atoms. The first kappa shape index (κ1) is 23.9. The van der Waals surface area contributed by atoms with Gasteiger partial charge in [-0.25, -0.2) is 4.39 Å². The van der Waals surface area contributed by atoms with Gasteiger partial charge in [0.1, 0.15) is 5.78 Å². The Kier molecular flexibility index (Phi) is 11.6. The maximum atomic E-state index is 13.9.